The number of nitrogens with two attached hydrogens (primary N) is 3. The summed E-state index contributed by atoms with van der Waals surface area (Å²) in [6.07, 6.45) is 1.23. The first kappa shape index (κ1) is 76.3. The Labute approximate surface area is 564 Å². The number of carboxylic acids is 1. The Morgan fingerprint density at radius 2 is 1.26 bits per heavy atom. The first-order valence-electron chi connectivity index (χ1n) is 31.1. The number of amides is 11. The molecule has 22 N–H and O–H groups in total. The normalized spacial score (nSPS) is 23.2. The van der Waals surface area contributed by atoms with E-state index in [0.717, 1.165) is 21.6 Å². The molecule has 2 fully saturated rings. The number of carboxylic acid groups (broad SMARTS) is 1. The van der Waals surface area contributed by atoms with Gasteiger partial charge < -0.3 is 106 Å². The molecule has 11 atom stereocenters. The Hall–Kier alpha value is -9.71. The summed E-state index contributed by atoms with van der Waals surface area (Å²) in [6, 6.07) is 1.27. The van der Waals surface area contributed by atoms with Crippen molar-refractivity contribution in [2.24, 2.45) is 28.1 Å². The molecule has 3 heterocycles. The predicted octanol–water partition coefficient (Wildman–Crippen LogP) is -4.40. The zero-order valence-corrected chi connectivity index (χ0v) is 55.0. The maximum absolute atomic E-state index is 14.9. The van der Waals surface area contributed by atoms with Crippen molar-refractivity contribution in [3.05, 3.63) is 95.7 Å². The number of hydrogen-bond acceptors (Lipinski definition) is 20. The molecular weight excluding hydrogens is 1300 g/mol. The molecule has 97 heavy (non-hydrogen) atoms. The fraction of sp³-hybridized carbons (Fsp3) is 0.468. The van der Waals surface area contributed by atoms with Crippen LogP contribution in [0.2, 0.25) is 0 Å². The Morgan fingerprint density at radius 1 is 0.680 bits per heavy atom. The number of aliphatic hydroxyl groups is 2. The van der Waals surface area contributed by atoms with Crippen LogP contribution in [-0.2, 0) is 76.8 Å². The second-order valence-electron chi connectivity index (χ2n) is 23.5. The second kappa shape index (κ2) is 37.0. The van der Waals surface area contributed by atoms with Gasteiger partial charge in [0.2, 0.25) is 65.0 Å². The number of nitrogens with zero attached hydrogens (tertiary/aromatic N) is 2. The van der Waals surface area contributed by atoms with Crippen LogP contribution in [0.1, 0.15) is 63.1 Å². The fourth-order valence-electron chi connectivity index (χ4n) is 10.4. The van der Waals surface area contributed by atoms with E-state index in [-0.39, 0.29) is 69.1 Å². The van der Waals surface area contributed by atoms with E-state index in [0.29, 0.717) is 34.0 Å². The lowest BCUT2D eigenvalue weighted by atomic mass is 10.00. The number of H-pyrrole nitrogens is 1. The topological polar surface area (TPSA) is 536 Å². The number of likely N-dealkylation sites (tertiary alicyclic amines) is 1. The van der Waals surface area contributed by atoms with Gasteiger partial charge in [-0.2, -0.15) is 0 Å². The van der Waals surface area contributed by atoms with E-state index >= 15 is 0 Å². The molecule has 4 aromatic rings. The van der Waals surface area contributed by atoms with Crippen molar-refractivity contribution < 1.29 is 83.1 Å². The molecule has 2 aliphatic heterocycles. The van der Waals surface area contributed by atoms with Gasteiger partial charge in [0.05, 0.1) is 25.8 Å². The third-order valence-corrected chi connectivity index (χ3v) is 18.1. The number of para-hydroxylation sites is 1. The van der Waals surface area contributed by atoms with Crippen molar-refractivity contribution in [2.45, 2.75) is 132 Å². The van der Waals surface area contributed by atoms with Crippen molar-refractivity contribution in [3.8, 4) is 11.5 Å². The van der Waals surface area contributed by atoms with Crippen molar-refractivity contribution in [1.29, 1.82) is 0 Å². The van der Waals surface area contributed by atoms with Crippen LogP contribution in [0.25, 0.3) is 10.9 Å². The maximum Gasteiger partial charge on any atom is 0.327 e. The molecule has 0 unspecified atom stereocenters. The average Bonchev–Trinajstić information content (AvgIpc) is 1.73. The number of phenols is 2. The minimum atomic E-state index is -1.86. The number of guanidine groups is 1. The Morgan fingerprint density at radius 3 is 1.89 bits per heavy atom. The van der Waals surface area contributed by atoms with E-state index in [1.165, 1.54) is 60.4 Å². The standard InChI is InChI=1S/C62H84N16O17S2/c1-31(2)50-59(92)73-42(23-34-14-18-37(82)19-15-34)52(85)70-40(10-6-20-66-62(64)65)51(84)68-26-49(83)69-44(27-79)55(88)71-43(24-35-25-67-39-9-5-4-8-38(35)39)54(87)74-45(28-80)56(89)76-47(61(94)95)30-97-96-29-46(57(90)77-50)75-53(86)41(22-33-12-16-36(81)17-13-33)72-58(91)48-11-7-21-78(48)60(93)32(3)63/h4-5,8-9,12-19,25,31-32,40-48,50,67,79-82H,6-7,10-11,20-24,26-30,63H2,1-3H3,(H,68,84)(H,69,83)(H,70,85)(H,71,88)(H,72,91)(H,73,92)(H,74,87)(H,75,86)(H,76,89)(H,77,90)(H,94,95)(H4,64,65,66)/t32-,40-,41-,42-,43-,44-,45-,46-,47-,48-,50-/m0/s1. The number of hydrogen-bond donors (Lipinski definition) is 19. The molecule has 0 spiro atoms. The molecule has 0 aliphatic carbocycles. The fourth-order valence-corrected chi connectivity index (χ4v) is 12.7. The van der Waals surface area contributed by atoms with Crippen molar-refractivity contribution in [2.75, 3.05) is 44.4 Å². The number of aromatic amines is 1. The molecule has 35 heteroatoms. The van der Waals surface area contributed by atoms with E-state index in [2.05, 4.69) is 63.1 Å². The largest absolute Gasteiger partial charge is 0.508 e. The van der Waals surface area contributed by atoms with Gasteiger partial charge in [-0.25, -0.2) is 4.79 Å². The van der Waals surface area contributed by atoms with Crippen LogP contribution >= 0.6 is 21.6 Å². The molecule has 0 saturated carbocycles. The van der Waals surface area contributed by atoms with E-state index < -0.39 is 175 Å². The number of phenolic OH excluding ortho intramolecular Hbond substituents is 2. The summed E-state index contributed by atoms with van der Waals surface area (Å²) in [7, 11) is 1.60. The Kier molecular flexibility index (Phi) is 29.1. The molecule has 33 nitrogen and oxygen atoms in total. The van der Waals surface area contributed by atoms with Crippen molar-refractivity contribution >= 4 is 109 Å². The molecule has 0 bridgehead atoms. The molecule has 1 aromatic heterocycles. The Bertz CT molecular complexity index is 3480. The summed E-state index contributed by atoms with van der Waals surface area (Å²) >= 11 is 0. The number of rotatable bonds is 19. The van der Waals surface area contributed by atoms with Gasteiger partial charge in [-0.05, 0) is 85.5 Å². The van der Waals surface area contributed by atoms with Crippen molar-refractivity contribution in [1.82, 2.24) is 63.1 Å². The number of aliphatic imine (C=N–C) groups is 1. The van der Waals surface area contributed by atoms with Crippen LogP contribution in [0.4, 0.5) is 0 Å². The molecule has 6 rings (SSSR count). The summed E-state index contributed by atoms with van der Waals surface area (Å²) in [5, 5.41) is 77.1. The molecule has 3 aromatic carbocycles. The first-order valence-corrected chi connectivity index (χ1v) is 33.6. The summed E-state index contributed by atoms with van der Waals surface area (Å²) in [6.45, 7) is 1.67. The third-order valence-electron chi connectivity index (χ3n) is 15.7. The first-order chi connectivity index (χ1) is 46.2. The molecule has 526 valence electrons. The van der Waals surface area contributed by atoms with Crippen LogP contribution in [0.3, 0.4) is 0 Å². The molecular formula is C62H84N16O17S2. The quantitative estimate of drug-likeness (QED) is 0.0182. The summed E-state index contributed by atoms with van der Waals surface area (Å²) in [5.41, 5.74) is 18.9. The monoisotopic (exact) mass is 1390 g/mol. The van der Waals surface area contributed by atoms with Crippen LogP contribution in [-0.4, -0.2) is 223 Å². The number of aliphatic carboxylic acids is 1. The molecule has 2 saturated heterocycles. The highest BCUT2D eigenvalue weighted by atomic mass is 33.1. The van der Waals surface area contributed by atoms with Gasteiger partial charge in [0.1, 0.15) is 71.9 Å². The van der Waals surface area contributed by atoms with E-state index in [1.54, 1.807) is 44.3 Å². The smallest absolute Gasteiger partial charge is 0.327 e. The minimum Gasteiger partial charge on any atom is -0.508 e. The lowest BCUT2D eigenvalue weighted by molar-refractivity contribution is -0.142. The van der Waals surface area contributed by atoms with E-state index in [9.17, 15) is 83.1 Å². The minimum absolute atomic E-state index is 0.0441. The number of carbonyl (C=O) groups is 12. The summed E-state index contributed by atoms with van der Waals surface area (Å²) in [4.78, 5) is 177. The number of aromatic hydroxyl groups is 2. The highest BCUT2D eigenvalue weighted by molar-refractivity contribution is 8.76. The van der Waals surface area contributed by atoms with E-state index in [1.807, 2.05) is 0 Å². The predicted molar refractivity (Wildman–Crippen MR) is 356 cm³/mol. The third kappa shape index (κ3) is 23.0. The van der Waals surface area contributed by atoms with Gasteiger partial charge in [0.25, 0.3) is 0 Å². The van der Waals surface area contributed by atoms with Gasteiger partial charge in [0.15, 0.2) is 5.96 Å². The number of aliphatic hydroxyl groups excluding tert-OH is 2. The molecule has 11 amide bonds. The van der Waals surface area contributed by atoms with Gasteiger partial charge >= 0.3 is 5.97 Å². The average molecular weight is 1390 g/mol. The number of aromatic nitrogens is 1. The SMILES string of the molecule is CC(C)[C@@H]1NC(=O)[C@@H](NC(=O)[C@H](Cc2ccc(O)cc2)NC(=O)[C@@H]2CCCN2C(=O)[C@H](C)N)CSSC[C@@H](C(=O)O)NC(=O)[C@H](CO)NC(=O)[C@H](Cc2c[nH]c3ccccc23)NC(=O)[C@H](CO)NC(=O)CNC(=O)[C@H](CCCN=C(N)N)NC(=O)[C@H](Cc2ccc(O)cc2)NC1=O. The highest BCUT2D eigenvalue weighted by Crippen LogP contribution is 2.25. The van der Waals surface area contributed by atoms with Crippen LogP contribution < -0.4 is 70.4 Å². The summed E-state index contributed by atoms with van der Waals surface area (Å²) < 4.78 is 0. The van der Waals surface area contributed by atoms with Gasteiger partial charge in [-0.1, -0.05) is 77.9 Å². The number of benzene rings is 3. The molecule has 2 aliphatic rings. The van der Waals surface area contributed by atoms with Gasteiger partial charge in [-0.15, -0.1) is 0 Å². The van der Waals surface area contributed by atoms with Crippen LogP contribution in [0.5, 0.6) is 11.5 Å². The number of fused-ring (bicyclic) bond motifs is 1. The zero-order valence-electron chi connectivity index (χ0n) is 53.4. The number of carbonyl (C=O) groups excluding carboxylic acids is 11. The van der Waals surface area contributed by atoms with Crippen molar-refractivity contribution in [3.63, 3.8) is 0 Å². The maximum atomic E-state index is 14.9. The van der Waals surface area contributed by atoms with Crippen LogP contribution in [0.15, 0.2) is 84.0 Å². The Balaban J connectivity index is 1.38. The van der Waals surface area contributed by atoms with Crippen LogP contribution in [0, 0.1) is 5.92 Å². The zero-order chi connectivity index (χ0) is 71.0. The van der Waals surface area contributed by atoms with E-state index in [4.69, 9.17) is 17.2 Å². The number of nitrogens with one attached hydrogen (secondary N) is 11. The second-order valence-corrected chi connectivity index (χ2v) is 26.1. The summed E-state index contributed by atoms with van der Waals surface area (Å²) in [5.74, 6) is -14.5. The molecule has 0 radical (unpaired) electrons. The lowest BCUT2D eigenvalue weighted by Crippen LogP contribution is -2.61. The van der Waals surface area contributed by atoms with Gasteiger partial charge in [0, 0.05) is 61.0 Å². The van der Waals surface area contributed by atoms with Gasteiger partial charge in [-0.3, -0.25) is 57.7 Å². The lowest BCUT2D eigenvalue weighted by Gasteiger charge is -2.29. The highest BCUT2D eigenvalue weighted by Gasteiger charge is 2.40.